The van der Waals surface area contributed by atoms with Gasteiger partial charge >= 0.3 is 0 Å². The molecule has 100 valence electrons. The van der Waals surface area contributed by atoms with E-state index in [2.05, 4.69) is 11.9 Å². The normalized spacial score (nSPS) is 22.8. The monoisotopic (exact) mass is 271 g/mol. The van der Waals surface area contributed by atoms with Gasteiger partial charge < -0.3 is 9.88 Å². The van der Waals surface area contributed by atoms with E-state index >= 15 is 0 Å². The molecule has 2 atom stereocenters. The second-order valence-corrected chi connectivity index (χ2v) is 6.51. The maximum absolute atomic E-state index is 12.0. The van der Waals surface area contributed by atoms with Gasteiger partial charge in [-0.05, 0) is 24.3 Å². The first-order valence-corrected chi connectivity index (χ1v) is 7.30. The molecule has 1 aliphatic rings. The van der Waals surface area contributed by atoms with Crippen molar-refractivity contribution >= 4 is 15.9 Å². The second kappa shape index (κ2) is 4.40. The molecule has 0 saturated heterocycles. The van der Waals surface area contributed by atoms with Crippen LogP contribution in [0.25, 0.3) is 0 Å². The molecule has 1 aliphatic carbocycles. The van der Waals surface area contributed by atoms with Crippen molar-refractivity contribution in [3.05, 3.63) is 18.0 Å². The third-order valence-corrected chi connectivity index (χ3v) is 4.24. The minimum Gasteiger partial charge on any atom is -0.356 e. The fraction of sp³-hybridized carbons (Fsp3) is 0.545. The molecule has 1 saturated carbocycles. The lowest BCUT2D eigenvalue weighted by atomic mass is 10.3. The van der Waals surface area contributed by atoms with E-state index < -0.39 is 10.0 Å². The summed E-state index contributed by atoms with van der Waals surface area (Å²) >= 11 is 0. The molecule has 1 amide bonds. The molecule has 1 aromatic rings. The number of primary sulfonamides is 1. The van der Waals surface area contributed by atoms with Gasteiger partial charge in [-0.3, -0.25) is 4.79 Å². The third-order valence-electron chi connectivity index (χ3n) is 3.35. The Bertz CT molecular complexity index is 564. The number of nitrogens with zero attached hydrogens (tertiary/aromatic N) is 1. The molecule has 1 aromatic heterocycles. The van der Waals surface area contributed by atoms with Crippen molar-refractivity contribution in [2.24, 2.45) is 17.0 Å². The minimum atomic E-state index is -3.76. The van der Waals surface area contributed by atoms with Crippen molar-refractivity contribution in [2.75, 3.05) is 13.6 Å². The second-order valence-electron chi connectivity index (χ2n) is 4.95. The van der Waals surface area contributed by atoms with Crippen molar-refractivity contribution in [2.45, 2.75) is 18.2 Å². The number of rotatable bonds is 4. The van der Waals surface area contributed by atoms with Gasteiger partial charge in [-0.15, -0.1) is 0 Å². The Kier molecular flexibility index (Phi) is 3.20. The highest BCUT2D eigenvalue weighted by molar-refractivity contribution is 7.89. The number of nitrogens with two attached hydrogens (primary N) is 1. The van der Waals surface area contributed by atoms with Gasteiger partial charge in [-0.2, -0.15) is 0 Å². The highest BCUT2D eigenvalue weighted by Crippen LogP contribution is 2.38. The first-order valence-electron chi connectivity index (χ1n) is 5.75. The van der Waals surface area contributed by atoms with Crippen LogP contribution in [0, 0.1) is 11.8 Å². The van der Waals surface area contributed by atoms with Crippen LogP contribution in [0.4, 0.5) is 0 Å². The van der Waals surface area contributed by atoms with Crippen molar-refractivity contribution < 1.29 is 13.2 Å². The fourth-order valence-electron chi connectivity index (χ4n) is 1.96. The van der Waals surface area contributed by atoms with Gasteiger partial charge in [0.2, 0.25) is 10.0 Å². The Labute approximate surface area is 106 Å². The zero-order chi connectivity index (χ0) is 13.5. The van der Waals surface area contributed by atoms with Gasteiger partial charge in [-0.1, -0.05) is 6.92 Å². The van der Waals surface area contributed by atoms with E-state index in [0.717, 1.165) is 6.42 Å². The van der Waals surface area contributed by atoms with Crippen LogP contribution in [-0.4, -0.2) is 37.8 Å². The smallest absolute Gasteiger partial charge is 0.270 e. The summed E-state index contributed by atoms with van der Waals surface area (Å²) in [6, 6.07) is 1.27. The summed E-state index contributed by atoms with van der Waals surface area (Å²) in [5.41, 5.74) is 0.245. The van der Waals surface area contributed by atoms with Gasteiger partial charge in [0.05, 0.1) is 4.90 Å². The zero-order valence-electron chi connectivity index (χ0n) is 10.4. The summed E-state index contributed by atoms with van der Waals surface area (Å²) in [5, 5.41) is 4.98. The molecule has 0 bridgehead atoms. The van der Waals surface area contributed by atoms with E-state index in [4.69, 9.17) is 5.14 Å². The Balaban J connectivity index is 2.06. The summed E-state index contributed by atoms with van der Waals surface area (Å²) in [5.74, 6) is 1.01. The topological polar surface area (TPSA) is 96.3 Å². The van der Waals surface area contributed by atoms with Crippen LogP contribution in [-0.2, 0) is 10.0 Å². The van der Waals surface area contributed by atoms with Gasteiger partial charge in [0.25, 0.3) is 5.91 Å². The Morgan fingerprint density at radius 2 is 2.22 bits per heavy atom. The molecule has 0 spiro atoms. The van der Waals surface area contributed by atoms with E-state index in [1.807, 2.05) is 0 Å². The van der Waals surface area contributed by atoms with E-state index in [9.17, 15) is 13.2 Å². The van der Waals surface area contributed by atoms with Gasteiger partial charge in [-0.25, -0.2) is 13.6 Å². The molecular weight excluding hydrogens is 254 g/mol. The van der Waals surface area contributed by atoms with Crippen molar-refractivity contribution in [1.82, 2.24) is 9.88 Å². The average Bonchev–Trinajstić information content (AvgIpc) is 2.81. The molecule has 3 N–H and O–H groups in total. The average molecular weight is 271 g/mol. The first-order chi connectivity index (χ1) is 8.29. The lowest BCUT2D eigenvalue weighted by Gasteiger charge is -2.15. The molecule has 6 nitrogen and oxygen atoms in total. The lowest BCUT2D eigenvalue weighted by molar-refractivity contribution is 0.0782. The number of H-pyrrole nitrogens is 1. The molecule has 0 aliphatic heterocycles. The van der Waals surface area contributed by atoms with Crippen molar-refractivity contribution in [3.8, 4) is 0 Å². The molecule has 2 rings (SSSR count). The molecule has 1 heterocycles. The van der Waals surface area contributed by atoms with Gasteiger partial charge in [0, 0.05) is 19.8 Å². The van der Waals surface area contributed by atoms with Gasteiger partial charge in [0.1, 0.15) is 5.69 Å². The molecule has 2 unspecified atom stereocenters. The first kappa shape index (κ1) is 13.1. The molecule has 7 heteroatoms. The summed E-state index contributed by atoms with van der Waals surface area (Å²) in [6.45, 7) is 2.85. The molecule has 0 aromatic carbocycles. The molecule has 18 heavy (non-hydrogen) atoms. The molecular formula is C11H17N3O3S. The van der Waals surface area contributed by atoms with E-state index in [1.165, 1.54) is 12.3 Å². The number of hydrogen-bond donors (Lipinski definition) is 2. The number of hydrogen-bond acceptors (Lipinski definition) is 3. The largest absolute Gasteiger partial charge is 0.356 e. The van der Waals surface area contributed by atoms with Crippen molar-refractivity contribution in [1.29, 1.82) is 0 Å². The number of amides is 1. The quantitative estimate of drug-likeness (QED) is 0.829. The Morgan fingerprint density at radius 1 is 1.61 bits per heavy atom. The van der Waals surface area contributed by atoms with Crippen LogP contribution in [0.5, 0.6) is 0 Å². The SMILES string of the molecule is CC1CC1CN(C)C(=O)c1cc(S(N)(=O)=O)c[nH]1. The van der Waals surface area contributed by atoms with Crippen LogP contribution in [0.15, 0.2) is 17.2 Å². The number of carbonyl (C=O) groups is 1. The van der Waals surface area contributed by atoms with Crippen LogP contribution in [0.2, 0.25) is 0 Å². The molecule has 0 radical (unpaired) electrons. The van der Waals surface area contributed by atoms with Crippen molar-refractivity contribution in [3.63, 3.8) is 0 Å². The number of carbonyl (C=O) groups excluding carboxylic acids is 1. The lowest BCUT2D eigenvalue weighted by Crippen LogP contribution is -2.29. The summed E-state index contributed by atoms with van der Waals surface area (Å²) in [7, 11) is -2.05. The standard InChI is InChI=1S/C11H17N3O3S/c1-7-3-8(7)6-14(2)11(15)10-4-9(5-13-10)18(12,16)17/h4-5,7-8,13H,3,6H2,1-2H3,(H2,12,16,17). The maximum atomic E-state index is 12.0. The third kappa shape index (κ3) is 2.73. The maximum Gasteiger partial charge on any atom is 0.270 e. The minimum absolute atomic E-state index is 0.0703. The summed E-state index contributed by atoms with van der Waals surface area (Å²) in [4.78, 5) is 16.2. The highest BCUT2D eigenvalue weighted by atomic mass is 32.2. The predicted molar refractivity (Wildman–Crippen MR) is 66.4 cm³/mol. The summed E-state index contributed by atoms with van der Waals surface area (Å²) in [6.07, 6.45) is 2.38. The zero-order valence-corrected chi connectivity index (χ0v) is 11.2. The predicted octanol–water partition coefficient (Wildman–Crippen LogP) is 0.390. The van der Waals surface area contributed by atoms with Crippen LogP contribution in [0.1, 0.15) is 23.8 Å². The van der Waals surface area contributed by atoms with Crippen LogP contribution in [0.3, 0.4) is 0 Å². The Morgan fingerprint density at radius 3 is 2.67 bits per heavy atom. The van der Waals surface area contributed by atoms with Gasteiger partial charge in [0.15, 0.2) is 0 Å². The van der Waals surface area contributed by atoms with E-state index in [0.29, 0.717) is 18.4 Å². The number of aromatic nitrogens is 1. The molecule has 1 fully saturated rings. The van der Waals surface area contributed by atoms with E-state index in [1.54, 1.807) is 11.9 Å². The van der Waals surface area contributed by atoms with Crippen LogP contribution >= 0.6 is 0 Å². The number of sulfonamides is 1. The highest BCUT2D eigenvalue weighted by Gasteiger charge is 2.34. The number of nitrogens with one attached hydrogen (secondary N) is 1. The summed E-state index contributed by atoms with van der Waals surface area (Å²) < 4.78 is 22.2. The fourth-order valence-corrected chi connectivity index (χ4v) is 2.46. The van der Waals surface area contributed by atoms with Crippen LogP contribution < -0.4 is 5.14 Å². The van der Waals surface area contributed by atoms with E-state index in [-0.39, 0.29) is 16.5 Å². The Hall–Kier alpha value is -1.34. The number of aromatic amines is 1.